The first-order valence-electron chi connectivity index (χ1n) is 10.1. The highest BCUT2D eigenvalue weighted by Gasteiger charge is 2.41. The SMILES string of the molecule is O=C([C@@H]1CCCN1CCC1OCCO1)N1CCCC1C1CCCC1. The van der Waals surface area contributed by atoms with E-state index >= 15 is 0 Å². The molecule has 1 amide bonds. The second-order valence-electron chi connectivity index (χ2n) is 7.94. The van der Waals surface area contributed by atoms with E-state index in [-0.39, 0.29) is 12.3 Å². The third-order valence-corrected chi connectivity index (χ3v) is 6.52. The molecule has 4 aliphatic rings. The zero-order valence-electron chi connectivity index (χ0n) is 14.8. The average molecular weight is 336 g/mol. The molecule has 0 N–H and O–H groups in total. The molecule has 136 valence electrons. The van der Waals surface area contributed by atoms with Gasteiger partial charge in [-0.05, 0) is 51.0 Å². The van der Waals surface area contributed by atoms with Gasteiger partial charge in [0.1, 0.15) is 0 Å². The van der Waals surface area contributed by atoms with Crippen molar-refractivity contribution in [2.45, 2.75) is 76.2 Å². The molecule has 2 atom stereocenters. The average Bonchev–Trinajstić information content (AvgIpc) is 3.41. The Balaban J connectivity index is 1.35. The number of ether oxygens (including phenoxy) is 2. The van der Waals surface area contributed by atoms with Crippen LogP contribution < -0.4 is 0 Å². The molecule has 0 radical (unpaired) electrons. The lowest BCUT2D eigenvalue weighted by molar-refractivity contribution is -0.138. The van der Waals surface area contributed by atoms with Gasteiger partial charge in [-0.1, -0.05) is 12.8 Å². The van der Waals surface area contributed by atoms with Gasteiger partial charge in [-0.25, -0.2) is 0 Å². The highest BCUT2D eigenvalue weighted by Crippen LogP contribution is 2.36. The van der Waals surface area contributed by atoms with Crippen LogP contribution in [-0.2, 0) is 14.3 Å². The smallest absolute Gasteiger partial charge is 0.240 e. The standard InChI is InChI=1S/C19H32N2O3/c22-19(21-11-4-7-16(21)15-5-1-2-6-15)17-8-3-10-20(17)12-9-18-23-13-14-24-18/h15-18H,1-14H2/t16?,17-/m0/s1. The monoisotopic (exact) mass is 336 g/mol. The van der Waals surface area contributed by atoms with Crippen molar-refractivity contribution in [1.82, 2.24) is 9.80 Å². The Morgan fingerprint density at radius 3 is 2.46 bits per heavy atom. The molecule has 0 aromatic rings. The van der Waals surface area contributed by atoms with E-state index < -0.39 is 0 Å². The van der Waals surface area contributed by atoms with Crippen LogP contribution >= 0.6 is 0 Å². The van der Waals surface area contributed by atoms with Crippen LogP contribution in [-0.4, -0.2) is 66.9 Å². The number of hydrogen-bond donors (Lipinski definition) is 0. The molecule has 0 aromatic heterocycles. The lowest BCUT2D eigenvalue weighted by atomic mass is 9.95. The number of carbonyl (C=O) groups excluding carboxylic acids is 1. The quantitative estimate of drug-likeness (QED) is 0.773. The van der Waals surface area contributed by atoms with Crippen LogP contribution in [0.1, 0.15) is 57.8 Å². The molecule has 1 saturated carbocycles. The lowest BCUT2D eigenvalue weighted by Gasteiger charge is -2.34. The molecule has 1 unspecified atom stereocenters. The van der Waals surface area contributed by atoms with Crippen LogP contribution in [0.15, 0.2) is 0 Å². The summed E-state index contributed by atoms with van der Waals surface area (Å²) in [6, 6.07) is 0.636. The van der Waals surface area contributed by atoms with E-state index in [0.717, 1.165) is 44.8 Å². The Bertz CT molecular complexity index is 432. The summed E-state index contributed by atoms with van der Waals surface area (Å²) in [4.78, 5) is 17.9. The number of hydrogen-bond acceptors (Lipinski definition) is 4. The number of nitrogens with zero attached hydrogens (tertiary/aromatic N) is 2. The summed E-state index contributed by atoms with van der Waals surface area (Å²) in [5.41, 5.74) is 0. The largest absolute Gasteiger partial charge is 0.350 e. The maximum atomic E-state index is 13.2. The van der Waals surface area contributed by atoms with Crippen LogP contribution in [0.4, 0.5) is 0 Å². The molecule has 5 nitrogen and oxygen atoms in total. The Labute approximate surface area is 145 Å². The Morgan fingerprint density at radius 1 is 0.917 bits per heavy atom. The van der Waals surface area contributed by atoms with Crippen molar-refractivity contribution in [1.29, 1.82) is 0 Å². The predicted molar refractivity (Wildman–Crippen MR) is 91.6 cm³/mol. The second kappa shape index (κ2) is 7.71. The van der Waals surface area contributed by atoms with Crippen LogP contribution in [0.3, 0.4) is 0 Å². The molecule has 0 bridgehead atoms. The zero-order chi connectivity index (χ0) is 16.4. The fourth-order valence-corrected chi connectivity index (χ4v) is 5.31. The first-order chi connectivity index (χ1) is 11.8. The van der Waals surface area contributed by atoms with Crippen molar-refractivity contribution in [3.05, 3.63) is 0 Å². The van der Waals surface area contributed by atoms with Gasteiger partial charge in [0.05, 0.1) is 19.3 Å². The van der Waals surface area contributed by atoms with E-state index in [1.54, 1.807) is 0 Å². The van der Waals surface area contributed by atoms with Gasteiger partial charge in [0.25, 0.3) is 0 Å². The van der Waals surface area contributed by atoms with E-state index in [9.17, 15) is 4.79 Å². The fraction of sp³-hybridized carbons (Fsp3) is 0.947. The van der Waals surface area contributed by atoms with Gasteiger partial charge in [-0.2, -0.15) is 0 Å². The van der Waals surface area contributed by atoms with Crippen LogP contribution in [0.25, 0.3) is 0 Å². The molecule has 4 rings (SSSR count). The van der Waals surface area contributed by atoms with Crippen molar-refractivity contribution < 1.29 is 14.3 Å². The molecule has 4 fully saturated rings. The summed E-state index contributed by atoms with van der Waals surface area (Å²) in [5.74, 6) is 1.18. The molecule has 3 aliphatic heterocycles. The molecule has 3 saturated heterocycles. The molecule has 1 aliphatic carbocycles. The number of amides is 1. The third-order valence-electron chi connectivity index (χ3n) is 6.52. The number of likely N-dealkylation sites (tertiary alicyclic amines) is 2. The minimum absolute atomic E-state index is 0.0561. The highest BCUT2D eigenvalue weighted by molar-refractivity contribution is 5.82. The topological polar surface area (TPSA) is 42.0 Å². The van der Waals surface area contributed by atoms with E-state index in [1.165, 1.54) is 38.5 Å². The summed E-state index contributed by atoms with van der Waals surface area (Å²) >= 11 is 0. The molecular formula is C19H32N2O3. The van der Waals surface area contributed by atoms with Crippen LogP contribution in [0.2, 0.25) is 0 Å². The second-order valence-corrected chi connectivity index (χ2v) is 7.94. The number of rotatable bonds is 5. The van der Waals surface area contributed by atoms with Crippen molar-refractivity contribution in [2.75, 3.05) is 32.8 Å². The van der Waals surface area contributed by atoms with Crippen molar-refractivity contribution in [3.8, 4) is 0 Å². The fourth-order valence-electron chi connectivity index (χ4n) is 5.31. The first-order valence-corrected chi connectivity index (χ1v) is 10.1. The number of carbonyl (C=O) groups is 1. The Morgan fingerprint density at radius 2 is 1.67 bits per heavy atom. The molecule has 3 heterocycles. The summed E-state index contributed by atoms with van der Waals surface area (Å²) in [6.45, 7) is 4.38. The van der Waals surface area contributed by atoms with Crippen molar-refractivity contribution in [3.63, 3.8) is 0 Å². The van der Waals surface area contributed by atoms with Crippen molar-refractivity contribution in [2.24, 2.45) is 5.92 Å². The van der Waals surface area contributed by atoms with Crippen LogP contribution in [0, 0.1) is 5.92 Å². The van der Waals surface area contributed by atoms with Gasteiger partial charge in [-0.15, -0.1) is 0 Å². The normalized spacial score (nSPS) is 33.1. The summed E-state index contributed by atoms with van der Waals surface area (Å²) in [6.07, 6.45) is 10.8. The van der Waals surface area contributed by atoms with Gasteiger partial charge in [0, 0.05) is 25.6 Å². The Kier molecular flexibility index (Phi) is 5.40. The van der Waals surface area contributed by atoms with Gasteiger partial charge in [0.2, 0.25) is 5.91 Å². The first kappa shape index (κ1) is 16.8. The molecular weight excluding hydrogens is 304 g/mol. The molecule has 0 aromatic carbocycles. The van der Waals surface area contributed by atoms with Crippen molar-refractivity contribution >= 4 is 5.91 Å². The summed E-state index contributed by atoms with van der Waals surface area (Å²) < 4.78 is 11.1. The summed E-state index contributed by atoms with van der Waals surface area (Å²) in [7, 11) is 0. The molecule has 0 spiro atoms. The summed E-state index contributed by atoms with van der Waals surface area (Å²) in [5, 5.41) is 0. The molecule has 24 heavy (non-hydrogen) atoms. The van der Waals surface area contributed by atoms with Gasteiger partial charge < -0.3 is 14.4 Å². The lowest BCUT2D eigenvalue weighted by Crippen LogP contribution is -2.49. The van der Waals surface area contributed by atoms with Gasteiger partial charge >= 0.3 is 0 Å². The van der Waals surface area contributed by atoms with E-state index in [4.69, 9.17) is 9.47 Å². The van der Waals surface area contributed by atoms with Gasteiger partial charge in [0.15, 0.2) is 6.29 Å². The third kappa shape index (κ3) is 3.49. The minimum Gasteiger partial charge on any atom is -0.350 e. The molecule has 5 heteroatoms. The Hall–Kier alpha value is -0.650. The maximum Gasteiger partial charge on any atom is 0.240 e. The van der Waals surface area contributed by atoms with Gasteiger partial charge in [-0.3, -0.25) is 9.69 Å². The van der Waals surface area contributed by atoms with E-state index in [1.807, 2.05) is 0 Å². The minimum atomic E-state index is -0.0561. The van der Waals surface area contributed by atoms with Crippen LogP contribution in [0.5, 0.6) is 0 Å². The van der Waals surface area contributed by atoms with E-state index in [0.29, 0.717) is 25.2 Å². The predicted octanol–water partition coefficient (Wildman–Crippen LogP) is 2.40. The maximum absolute atomic E-state index is 13.2. The zero-order valence-corrected chi connectivity index (χ0v) is 14.8. The van der Waals surface area contributed by atoms with E-state index in [2.05, 4.69) is 9.80 Å². The highest BCUT2D eigenvalue weighted by atomic mass is 16.7.